The molecule has 1 aliphatic rings. The summed E-state index contributed by atoms with van der Waals surface area (Å²) in [6.45, 7) is 0.438. The average Bonchev–Trinajstić information content (AvgIpc) is 3.37. The van der Waals surface area contributed by atoms with E-state index in [2.05, 4.69) is 10.1 Å². The van der Waals surface area contributed by atoms with Crippen LogP contribution in [-0.2, 0) is 34.0 Å². The van der Waals surface area contributed by atoms with Gasteiger partial charge in [0.2, 0.25) is 0 Å². The molecule has 0 spiro atoms. The van der Waals surface area contributed by atoms with Gasteiger partial charge in [0.1, 0.15) is 24.4 Å². The summed E-state index contributed by atoms with van der Waals surface area (Å²) in [4.78, 5) is 16.3. The highest BCUT2D eigenvalue weighted by molar-refractivity contribution is 5.47. The van der Waals surface area contributed by atoms with Crippen LogP contribution in [0.4, 0.5) is 30.7 Å². The Morgan fingerprint density at radius 2 is 1.58 bits per heavy atom. The van der Waals surface area contributed by atoms with Gasteiger partial charge < -0.3 is 9.47 Å². The number of alkyl halides is 6. The number of hydrogen-bond donors (Lipinski definition) is 1. The number of hydrogen-bond acceptors (Lipinski definition) is 5. The van der Waals surface area contributed by atoms with Crippen LogP contribution in [-0.4, -0.2) is 39.2 Å². The minimum atomic E-state index is -4.94. The van der Waals surface area contributed by atoms with Crippen LogP contribution in [0, 0.1) is 5.82 Å². The Labute approximate surface area is 240 Å². The van der Waals surface area contributed by atoms with E-state index in [1.54, 1.807) is 6.92 Å². The van der Waals surface area contributed by atoms with E-state index in [0.717, 1.165) is 35.3 Å². The van der Waals surface area contributed by atoms with Gasteiger partial charge in [-0.25, -0.2) is 9.18 Å². The van der Waals surface area contributed by atoms with Gasteiger partial charge in [0.05, 0.1) is 23.8 Å². The predicted molar refractivity (Wildman–Crippen MR) is 139 cm³/mol. The van der Waals surface area contributed by atoms with Gasteiger partial charge in [-0.3, -0.25) is 9.88 Å². The van der Waals surface area contributed by atoms with E-state index in [4.69, 9.17) is 9.47 Å². The third-order valence-electron chi connectivity index (χ3n) is 7.35. The molecule has 0 amide bonds. The molecule has 7 nitrogen and oxygen atoms in total. The second-order valence-electron chi connectivity index (χ2n) is 9.74. The van der Waals surface area contributed by atoms with Crippen LogP contribution in [0.1, 0.15) is 40.8 Å². The third-order valence-corrected chi connectivity index (χ3v) is 7.35. The first-order valence-corrected chi connectivity index (χ1v) is 13.1. The van der Waals surface area contributed by atoms with E-state index >= 15 is 0 Å². The van der Waals surface area contributed by atoms with Crippen molar-refractivity contribution in [2.45, 2.75) is 43.8 Å². The highest BCUT2D eigenvalue weighted by Crippen LogP contribution is 2.53. The molecule has 3 aromatic carbocycles. The summed E-state index contributed by atoms with van der Waals surface area (Å²) in [6, 6.07) is 12.2. The maximum atomic E-state index is 14.7. The Balaban J connectivity index is 1.92. The number of ether oxygens (including phenoxy) is 2. The van der Waals surface area contributed by atoms with Gasteiger partial charge in [-0.15, -0.1) is 0 Å². The summed E-state index contributed by atoms with van der Waals surface area (Å²) >= 11 is 0. The Hall–Kier alpha value is -4.01. The van der Waals surface area contributed by atoms with E-state index in [0.29, 0.717) is 0 Å². The quantitative estimate of drug-likeness (QED) is 0.257. The number of halogens is 7. The van der Waals surface area contributed by atoms with Crippen LogP contribution in [0.25, 0.3) is 0 Å². The highest BCUT2D eigenvalue weighted by Gasteiger charge is 2.58. The lowest BCUT2D eigenvalue weighted by atomic mass is 9.75. The minimum absolute atomic E-state index is 0.0156. The van der Waals surface area contributed by atoms with Gasteiger partial charge in [-0.1, -0.05) is 48.5 Å². The fraction of sp³-hybridized carbons (Fsp3) is 0.310. The first-order valence-electron chi connectivity index (χ1n) is 13.1. The minimum Gasteiger partial charge on any atom is -0.350 e. The molecule has 1 aromatic heterocycles. The number of aromatic amines is 1. The molecule has 0 bridgehead atoms. The van der Waals surface area contributed by atoms with Crippen molar-refractivity contribution >= 4 is 0 Å². The van der Waals surface area contributed by atoms with Crippen LogP contribution in [0.2, 0.25) is 0 Å². The topological polar surface area (TPSA) is 72.4 Å². The van der Waals surface area contributed by atoms with Gasteiger partial charge in [-0.2, -0.15) is 36.1 Å². The molecule has 1 N–H and O–H groups in total. The Morgan fingerprint density at radius 3 is 2.19 bits per heavy atom. The molecule has 1 unspecified atom stereocenters. The third kappa shape index (κ3) is 5.57. The molecule has 4 aromatic rings. The molecule has 1 aliphatic heterocycles. The number of benzene rings is 3. The lowest BCUT2D eigenvalue weighted by molar-refractivity contribution is -0.264. The molecule has 1 saturated heterocycles. The van der Waals surface area contributed by atoms with E-state index in [9.17, 15) is 35.5 Å². The molecule has 0 aliphatic carbocycles. The van der Waals surface area contributed by atoms with Crippen molar-refractivity contribution in [1.29, 1.82) is 0 Å². The standard InChI is InChI=1S/C29H25F7N4O3/c1-2-42-25-27(18-11-13-19(30)14-12-18,22-9-5-6-10-23(22)29(34,35)36)39(17-40-26(41)37-16-38-40)24(15-43-25)20-7-3-4-8-21(20)28(31,32)33/h3-14,16,24-25H,2,15,17H2,1H3,(H,37,38,41)/t24?,25-,27+/m1/s1. The van der Waals surface area contributed by atoms with Gasteiger partial charge in [-0.05, 0) is 47.9 Å². The Morgan fingerprint density at radius 1 is 0.953 bits per heavy atom. The summed E-state index contributed by atoms with van der Waals surface area (Å²) in [7, 11) is 0. The summed E-state index contributed by atoms with van der Waals surface area (Å²) in [5.41, 5.74) is -5.86. The predicted octanol–water partition coefficient (Wildman–Crippen LogP) is 6.09. The van der Waals surface area contributed by atoms with Crippen molar-refractivity contribution in [1.82, 2.24) is 19.7 Å². The zero-order valence-corrected chi connectivity index (χ0v) is 22.5. The van der Waals surface area contributed by atoms with Gasteiger partial charge in [0.15, 0.2) is 6.29 Å². The first-order chi connectivity index (χ1) is 20.4. The smallest absolute Gasteiger partial charge is 0.350 e. The van der Waals surface area contributed by atoms with Crippen LogP contribution in [0.3, 0.4) is 0 Å². The number of aromatic nitrogens is 3. The molecule has 43 heavy (non-hydrogen) atoms. The van der Waals surface area contributed by atoms with E-state index in [1.165, 1.54) is 53.4 Å². The van der Waals surface area contributed by atoms with E-state index in [-0.39, 0.29) is 17.7 Å². The van der Waals surface area contributed by atoms with Crippen molar-refractivity contribution in [2.75, 3.05) is 13.2 Å². The van der Waals surface area contributed by atoms with Crippen LogP contribution < -0.4 is 5.69 Å². The van der Waals surface area contributed by atoms with Gasteiger partial charge >= 0.3 is 18.0 Å². The Kier molecular flexibility index (Phi) is 8.20. The number of nitrogens with zero attached hydrogens (tertiary/aromatic N) is 3. The van der Waals surface area contributed by atoms with Crippen molar-refractivity contribution < 1.29 is 40.2 Å². The lowest BCUT2D eigenvalue weighted by Gasteiger charge is -2.55. The number of rotatable bonds is 7. The zero-order chi connectivity index (χ0) is 31.0. The molecule has 2 heterocycles. The number of nitrogens with one attached hydrogen (secondary N) is 1. The summed E-state index contributed by atoms with van der Waals surface area (Å²) in [6.07, 6.45) is -10.3. The Bertz CT molecular complexity index is 1620. The second-order valence-corrected chi connectivity index (χ2v) is 9.74. The fourth-order valence-electron chi connectivity index (χ4n) is 5.64. The molecule has 228 valence electrons. The molecule has 3 atom stereocenters. The van der Waals surface area contributed by atoms with Crippen LogP contribution in [0.15, 0.2) is 83.9 Å². The summed E-state index contributed by atoms with van der Waals surface area (Å²) < 4.78 is 114. The average molecular weight is 611 g/mol. The molecule has 0 radical (unpaired) electrons. The molecular formula is C29H25F7N4O3. The molecule has 0 saturated carbocycles. The SMILES string of the molecule is CCO[C@@H]1OCC(c2ccccc2C(F)(F)F)N(Cn2nc[nH]c2=O)[C@@]1(c1ccc(F)cc1)c1ccccc1C(F)(F)F. The second kappa shape index (κ2) is 11.6. The van der Waals surface area contributed by atoms with Crippen LogP contribution >= 0.6 is 0 Å². The maximum Gasteiger partial charge on any atom is 0.416 e. The number of H-pyrrole nitrogens is 1. The molecular weight excluding hydrogens is 585 g/mol. The van der Waals surface area contributed by atoms with E-state index < -0.39 is 71.7 Å². The van der Waals surface area contributed by atoms with Crippen molar-refractivity contribution in [3.05, 3.63) is 123 Å². The van der Waals surface area contributed by atoms with Crippen molar-refractivity contribution in [3.63, 3.8) is 0 Å². The summed E-state index contributed by atoms with van der Waals surface area (Å²) in [5.74, 6) is -0.707. The lowest BCUT2D eigenvalue weighted by Crippen LogP contribution is -2.63. The first kappa shape index (κ1) is 30.4. The zero-order valence-electron chi connectivity index (χ0n) is 22.5. The van der Waals surface area contributed by atoms with E-state index in [1.807, 2.05) is 0 Å². The number of morpholine rings is 1. The molecule has 14 heteroatoms. The molecule has 1 fully saturated rings. The van der Waals surface area contributed by atoms with Gasteiger partial charge in [0, 0.05) is 6.61 Å². The fourth-order valence-corrected chi connectivity index (χ4v) is 5.64. The monoisotopic (exact) mass is 610 g/mol. The van der Waals surface area contributed by atoms with Gasteiger partial charge in [0.25, 0.3) is 0 Å². The van der Waals surface area contributed by atoms with Crippen molar-refractivity contribution in [2.24, 2.45) is 0 Å². The highest BCUT2D eigenvalue weighted by atomic mass is 19.4. The van der Waals surface area contributed by atoms with Crippen molar-refractivity contribution in [3.8, 4) is 0 Å². The maximum absolute atomic E-state index is 14.7. The van der Waals surface area contributed by atoms with Crippen LogP contribution in [0.5, 0.6) is 0 Å². The normalized spacial score (nSPS) is 21.7. The molecule has 5 rings (SSSR count). The summed E-state index contributed by atoms with van der Waals surface area (Å²) in [5, 5.41) is 3.94. The largest absolute Gasteiger partial charge is 0.416 e.